The zero-order valence-electron chi connectivity index (χ0n) is 23.5. The Hall–Kier alpha value is -4.74. The van der Waals surface area contributed by atoms with Crippen LogP contribution in [0.3, 0.4) is 0 Å². The summed E-state index contributed by atoms with van der Waals surface area (Å²) in [4.78, 5) is 30.3. The normalized spacial score (nSPS) is 14.3. The van der Waals surface area contributed by atoms with Crippen LogP contribution in [0.1, 0.15) is 49.5 Å². The van der Waals surface area contributed by atoms with Gasteiger partial charge in [-0.15, -0.1) is 10.2 Å². The number of carbonyl (C=O) groups is 2. The second-order valence-electron chi connectivity index (χ2n) is 10.1. The molecule has 0 unspecified atom stereocenters. The van der Waals surface area contributed by atoms with Gasteiger partial charge in [-0.3, -0.25) is 9.59 Å². The number of nitrogens with zero attached hydrogens (tertiary/aromatic N) is 5. The molecule has 1 saturated carbocycles. The summed E-state index contributed by atoms with van der Waals surface area (Å²) in [7, 11) is 3.07. The van der Waals surface area contributed by atoms with Crippen molar-refractivity contribution in [3.05, 3.63) is 78.0 Å². The molecular weight excluding hydrogens is 543 g/mol. The van der Waals surface area contributed by atoms with E-state index in [9.17, 15) is 14.0 Å². The number of tetrazole rings is 1. The maximum atomic E-state index is 13.9. The number of rotatable bonds is 11. The van der Waals surface area contributed by atoms with Crippen LogP contribution in [0, 0.1) is 5.82 Å². The lowest BCUT2D eigenvalue weighted by Crippen LogP contribution is -2.47. The van der Waals surface area contributed by atoms with Gasteiger partial charge in [0.1, 0.15) is 24.2 Å². The van der Waals surface area contributed by atoms with Gasteiger partial charge >= 0.3 is 0 Å². The second-order valence-corrected chi connectivity index (χ2v) is 10.1. The van der Waals surface area contributed by atoms with Crippen molar-refractivity contribution < 1.29 is 27.9 Å². The molecule has 2 aromatic carbocycles. The van der Waals surface area contributed by atoms with E-state index in [4.69, 9.17) is 13.9 Å². The van der Waals surface area contributed by atoms with Gasteiger partial charge in [0.25, 0.3) is 0 Å². The summed E-state index contributed by atoms with van der Waals surface area (Å²) in [5.74, 6) is 0.587. The van der Waals surface area contributed by atoms with Crippen LogP contribution in [0.25, 0.3) is 11.4 Å². The van der Waals surface area contributed by atoms with Crippen LogP contribution in [-0.4, -0.2) is 57.2 Å². The van der Waals surface area contributed by atoms with Crippen molar-refractivity contribution in [3.63, 3.8) is 0 Å². The van der Waals surface area contributed by atoms with E-state index in [1.165, 1.54) is 47.3 Å². The van der Waals surface area contributed by atoms with Crippen LogP contribution in [0.4, 0.5) is 4.39 Å². The quantitative estimate of drug-likeness (QED) is 0.280. The summed E-state index contributed by atoms with van der Waals surface area (Å²) in [5.41, 5.74) is 1.09. The third kappa shape index (κ3) is 6.76. The molecule has 42 heavy (non-hydrogen) atoms. The number of furan rings is 1. The Labute approximate surface area is 242 Å². The highest BCUT2D eigenvalue weighted by Gasteiger charge is 2.34. The molecular formula is C30H33FN6O5. The van der Waals surface area contributed by atoms with Gasteiger partial charge in [0.05, 0.1) is 27.0 Å². The molecule has 0 radical (unpaired) electrons. The summed E-state index contributed by atoms with van der Waals surface area (Å²) < 4.78 is 30.1. The number of ether oxygens (including phenoxy) is 2. The number of benzene rings is 2. The van der Waals surface area contributed by atoms with E-state index in [0.717, 1.165) is 32.1 Å². The zero-order valence-corrected chi connectivity index (χ0v) is 23.5. The monoisotopic (exact) mass is 576 g/mol. The molecule has 0 aliphatic heterocycles. The van der Waals surface area contributed by atoms with Crippen molar-refractivity contribution in [1.29, 1.82) is 0 Å². The highest BCUT2D eigenvalue weighted by molar-refractivity contribution is 5.88. The van der Waals surface area contributed by atoms with Gasteiger partial charge in [-0.1, -0.05) is 31.4 Å². The SMILES string of the molecule is COc1ccc(-c2nnn(CC(=O)N(Cc3ccco3)[C@H](C(=O)NC3CCCCC3)c3ccc(F)cc3)n2)cc1OC. The Balaban J connectivity index is 1.43. The largest absolute Gasteiger partial charge is 0.493 e. The lowest BCUT2D eigenvalue weighted by molar-refractivity contribution is -0.143. The Morgan fingerprint density at radius 2 is 1.83 bits per heavy atom. The minimum Gasteiger partial charge on any atom is -0.493 e. The van der Waals surface area contributed by atoms with E-state index in [-0.39, 0.29) is 30.9 Å². The van der Waals surface area contributed by atoms with Crippen LogP contribution in [0.2, 0.25) is 0 Å². The van der Waals surface area contributed by atoms with Crippen molar-refractivity contribution in [2.75, 3.05) is 14.2 Å². The third-order valence-corrected chi connectivity index (χ3v) is 7.30. The fourth-order valence-corrected chi connectivity index (χ4v) is 5.15. The Kier molecular flexibility index (Phi) is 9.10. The molecule has 12 heteroatoms. The molecule has 2 aromatic heterocycles. The third-order valence-electron chi connectivity index (χ3n) is 7.30. The zero-order chi connectivity index (χ0) is 29.5. The van der Waals surface area contributed by atoms with E-state index >= 15 is 0 Å². The van der Waals surface area contributed by atoms with E-state index in [1.54, 1.807) is 37.4 Å². The van der Waals surface area contributed by atoms with Gasteiger partial charge < -0.3 is 24.1 Å². The molecule has 0 spiro atoms. The molecule has 1 aliphatic rings. The number of methoxy groups -OCH3 is 2. The Bertz CT molecular complexity index is 1480. The average molecular weight is 577 g/mol. The average Bonchev–Trinajstić information content (AvgIpc) is 3.70. The van der Waals surface area contributed by atoms with Gasteiger partial charge in [0.2, 0.25) is 17.6 Å². The number of carbonyl (C=O) groups excluding carboxylic acids is 2. The van der Waals surface area contributed by atoms with Crippen LogP contribution in [-0.2, 0) is 22.7 Å². The van der Waals surface area contributed by atoms with Crippen LogP contribution in [0.15, 0.2) is 65.3 Å². The predicted octanol–water partition coefficient (Wildman–Crippen LogP) is 4.31. The first kappa shape index (κ1) is 28.8. The first-order valence-corrected chi connectivity index (χ1v) is 13.8. The minimum atomic E-state index is -1.04. The minimum absolute atomic E-state index is 0.00317. The summed E-state index contributed by atoms with van der Waals surface area (Å²) in [6.45, 7) is -0.293. The molecule has 0 saturated heterocycles. The smallest absolute Gasteiger partial charge is 0.247 e. The number of hydrogen-bond acceptors (Lipinski definition) is 8. The molecule has 1 fully saturated rings. The Morgan fingerprint density at radius 1 is 1.07 bits per heavy atom. The molecule has 2 heterocycles. The topological polar surface area (TPSA) is 125 Å². The molecule has 11 nitrogen and oxygen atoms in total. The van der Waals surface area contributed by atoms with Crippen molar-refractivity contribution in [1.82, 2.24) is 30.4 Å². The van der Waals surface area contributed by atoms with E-state index < -0.39 is 17.8 Å². The summed E-state index contributed by atoms with van der Waals surface area (Å²) >= 11 is 0. The van der Waals surface area contributed by atoms with E-state index in [2.05, 4.69) is 20.7 Å². The highest BCUT2D eigenvalue weighted by atomic mass is 19.1. The van der Waals surface area contributed by atoms with Gasteiger partial charge in [0, 0.05) is 11.6 Å². The summed E-state index contributed by atoms with van der Waals surface area (Å²) in [6.07, 6.45) is 6.43. The highest BCUT2D eigenvalue weighted by Crippen LogP contribution is 2.31. The lowest BCUT2D eigenvalue weighted by atomic mass is 9.94. The van der Waals surface area contributed by atoms with Gasteiger partial charge in [-0.25, -0.2) is 4.39 Å². The molecule has 0 bridgehead atoms. The first-order valence-electron chi connectivity index (χ1n) is 13.8. The second kappa shape index (κ2) is 13.3. The van der Waals surface area contributed by atoms with Crippen molar-refractivity contribution >= 4 is 11.8 Å². The molecule has 4 aromatic rings. The number of aromatic nitrogens is 4. The maximum Gasteiger partial charge on any atom is 0.247 e. The van der Waals surface area contributed by atoms with Gasteiger partial charge in [0.15, 0.2) is 11.5 Å². The lowest BCUT2D eigenvalue weighted by Gasteiger charge is -2.33. The maximum absolute atomic E-state index is 13.9. The fourth-order valence-electron chi connectivity index (χ4n) is 5.15. The van der Waals surface area contributed by atoms with Crippen LogP contribution >= 0.6 is 0 Å². The van der Waals surface area contributed by atoms with Crippen molar-refractivity contribution in [2.45, 2.75) is 57.3 Å². The first-order chi connectivity index (χ1) is 20.4. The Morgan fingerprint density at radius 3 is 2.52 bits per heavy atom. The number of halogens is 1. The fraction of sp³-hybridized carbons (Fsp3) is 0.367. The molecule has 1 N–H and O–H groups in total. The number of nitrogens with one attached hydrogen (secondary N) is 1. The molecule has 5 rings (SSSR count). The van der Waals surface area contributed by atoms with Gasteiger partial charge in [-0.2, -0.15) is 4.80 Å². The molecule has 2 amide bonds. The van der Waals surface area contributed by atoms with Crippen LogP contribution in [0.5, 0.6) is 11.5 Å². The van der Waals surface area contributed by atoms with E-state index in [1.807, 2.05) is 0 Å². The van der Waals surface area contributed by atoms with Gasteiger partial charge in [-0.05, 0) is 66.1 Å². The summed E-state index contributed by atoms with van der Waals surface area (Å²) in [6, 6.07) is 13.2. The predicted molar refractivity (Wildman–Crippen MR) is 150 cm³/mol. The summed E-state index contributed by atoms with van der Waals surface area (Å²) in [5, 5.41) is 15.7. The van der Waals surface area contributed by atoms with E-state index in [0.29, 0.717) is 28.4 Å². The number of hydrogen-bond donors (Lipinski definition) is 1. The molecule has 1 aliphatic carbocycles. The standard InChI is InChI=1S/C30H33FN6O5/c1-40-25-15-12-21(17-26(25)41-2)29-33-35-37(34-29)19-27(38)36(18-24-9-6-16-42-24)28(20-10-13-22(31)14-11-20)30(39)32-23-7-4-3-5-8-23/h6,9-17,23,28H,3-5,7-8,18-19H2,1-2H3,(H,32,39)/t28-/m0/s1. The molecule has 220 valence electrons. The number of amides is 2. The van der Waals surface area contributed by atoms with Crippen LogP contribution < -0.4 is 14.8 Å². The molecule has 1 atom stereocenters. The van der Waals surface area contributed by atoms with Crippen molar-refractivity contribution in [2.24, 2.45) is 0 Å². The van der Waals surface area contributed by atoms with Crippen molar-refractivity contribution in [3.8, 4) is 22.9 Å².